The molecule has 0 unspecified atom stereocenters. The van der Waals surface area contributed by atoms with Crippen molar-refractivity contribution in [3.05, 3.63) is 28.7 Å². The highest BCUT2D eigenvalue weighted by molar-refractivity contribution is 8.26. The summed E-state index contributed by atoms with van der Waals surface area (Å²) in [5.74, 6) is 1.83. The number of esters is 1. The average Bonchev–Trinajstić information content (AvgIpc) is 3.10. The molecule has 1 N–H and O–H groups in total. The Labute approximate surface area is 220 Å². The smallest absolute Gasteiger partial charge is 0.343 e. The van der Waals surface area contributed by atoms with Gasteiger partial charge in [-0.25, -0.2) is 4.79 Å². The van der Waals surface area contributed by atoms with Crippen molar-refractivity contribution in [3.8, 4) is 11.5 Å². The van der Waals surface area contributed by atoms with Crippen molar-refractivity contribution in [2.24, 2.45) is 23.2 Å². The number of thioether (sulfide) groups is 1. The minimum Gasteiger partial charge on any atom is -0.490 e. The Morgan fingerprint density at radius 3 is 2.42 bits per heavy atom. The number of nitrogens with one attached hydrogen (secondary N) is 1. The Hall–Kier alpha value is -2.59. The van der Waals surface area contributed by atoms with Gasteiger partial charge in [-0.1, -0.05) is 17.8 Å². The molecule has 1 aromatic carbocycles. The van der Waals surface area contributed by atoms with E-state index < -0.39 is 5.97 Å². The number of nitrogens with zero attached hydrogens (tertiary/aromatic N) is 1. The zero-order valence-corrected chi connectivity index (χ0v) is 22.0. The monoisotopic (exact) mass is 530 g/mol. The van der Waals surface area contributed by atoms with Crippen LogP contribution in [-0.2, 0) is 19.1 Å². The predicted molar refractivity (Wildman–Crippen MR) is 139 cm³/mol. The highest BCUT2D eigenvalue weighted by Gasteiger charge is 2.55. The number of ether oxygens (including phenoxy) is 3. The number of hydrogen-bond acceptors (Lipinski definition) is 8. The molecule has 0 aromatic heterocycles. The quantitative estimate of drug-likeness (QED) is 0.305. The molecule has 0 atom stereocenters. The average molecular weight is 531 g/mol. The summed E-state index contributed by atoms with van der Waals surface area (Å²) in [6.45, 7) is 2.00. The Balaban J connectivity index is 1.29. The summed E-state index contributed by atoms with van der Waals surface area (Å²) in [6.07, 6.45) is 8.19. The van der Waals surface area contributed by atoms with Gasteiger partial charge in [-0.3, -0.25) is 15.0 Å². The Kier molecular flexibility index (Phi) is 7.00. The van der Waals surface area contributed by atoms with Gasteiger partial charge < -0.3 is 14.2 Å². The zero-order chi connectivity index (χ0) is 25.4. The second-order valence-corrected chi connectivity index (χ2v) is 11.8. The third kappa shape index (κ3) is 4.85. The van der Waals surface area contributed by atoms with E-state index in [1.807, 2.05) is 6.92 Å². The van der Waals surface area contributed by atoms with Gasteiger partial charge in [0.05, 0.1) is 24.0 Å². The number of methoxy groups -OCH3 is 1. The topological polar surface area (TPSA) is 94.2 Å². The summed E-state index contributed by atoms with van der Waals surface area (Å²) < 4.78 is 16.1. The minimum absolute atomic E-state index is 0.0649. The Morgan fingerprint density at radius 1 is 1.14 bits per heavy atom. The van der Waals surface area contributed by atoms with Crippen LogP contribution in [0.5, 0.6) is 11.5 Å². The molecule has 36 heavy (non-hydrogen) atoms. The molecular weight excluding hydrogens is 500 g/mol. The molecule has 6 rings (SSSR count). The van der Waals surface area contributed by atoms with E-state index in [-0.39, 0.29) is 23.8 Å². The highest BCUT2D eigenvalue weighted by atomic mass is 32.2. The van der Waals surface area contributed by atoms with Crippen molar-refractivity contribution in [2.75, 3.05) is 20.3 Å². The Morgan fingerprint density at radius 2 is 1.81 bits per heavy atom. The Bertz CT molecular complexity index is 1100. The number of amides is 2. The van der Waals surface area contributed by atoms with E-state index in [1.165, 1.54) is 31.4 Å². The van der Waals surface area contributed by atoms with Gasteiger partial charge in [-0.05, 0) is 99.2 Å². The van der Waals surface area contributed by atoms with E-state index >= 15 is 0 Å². The summed E-state index contributed by atoms with van der Waals surface area (Å²) in [6, 6.07) is 5.17. The van der Waals surface area contributed by atoms with Crippen LogP contribution in [0.2, 0.25) is 0 Å². The number of benzene rings is 1. The fourth-order valence-corrected chi connectivity index (χ4v) is 7.70. The third-order valence-corrected chi connectivity index (χ3v) is 8.97. The SMILES string of the molecule is CCOc1cc(/C=C2/SC(=S)N(NC(=O)C34CC5CC(CC(C5)C3)C4)C2=O)ccc1OCC(=O)OC. The normalized spacial score (nSPS) is 29.6. The minimum atomic E-state index is -0.499. The lowest BCUT2D eigenvalue weighted by molar-refractivity contribution is -0.152. The highest BCUT2D eigenvalue weighted by Crippen LogP contribution is 2.60. The first-order chi connectivity index (χ1) is 17.3. The van der Waals surface area contributed by atoms with Crippen molar-refractivity contribution >= 4 is 52.2 Å². The molecule has 1 aromatic rings. The molecule has 1 heterocycles. The second kappa shape index (κ2) is 10.0. The number of carbonyl (C=O) groups excluding carboxylic acids is 3. The number of thiocarbonyl (C=S) groups is 1. The first-order valence-electron chi connectivity index (χ1n) is 12.4. The van der Waals surface area contributed by atoms with Crippen molar-refractivity contribution in [2.45, 2.75) is 45.4 Å². The van der Waals surface area contributed by atoms with E-state index in [4.69, 9.17) is 21.7 Å². The first kappa shape index (κ1) is 25.1. The van der Waals surface area contributed by atoms with Crippen LogP contribution in [-0.4, -0.2) is 47.4 Å². The molecule has 4 saturated carbocycles. The summed E-state index contributed by atoms with van der Waals surface area (Å²) in [5.41, 5.74) is 3.22. The van der Waals surface area contributed by atoms with Crippen LogP contribution >= 0.6 is 24.0 Å². The summed E-state index contributed by atoms with van der Waals surface area (Å²) in [7, 11) is 1.29. The molecule has 8 nitrogen and oxygen atoms in total. The molecule has 4 aliphatic carbocycles. The van der Waals surface area contributed by atoms with E-state index in [1.54, 1.807) is 24.3 Å². The lowest BCUT2D eigenvalue weighted by Crippen LogP contribution is -2.57. The molecule has 5 fully saturated rings. The van der Waals surface area contributed by atoms with Crippen LogP contribution in [0, 0.1) is 23.2 Å². The molecule has 0 radical (unpaired) electrons. The maximum Gasteiger partial charge on any atom is 0.343 e. The second-order valence-electron chi connectivity index (χ2n) is 10.2. The summed E-state index contributed by atoms with van der Waals surface area (Å²) >= 11 is 6.61. The standard InChI is InChI=1S/C26H30N2O6S2/c1-3-33-20-9-15(4-5-19(20)34-14-22(29)32-2)10-21-23(30)28(25(35)36-21)27-24(31)26-11-16-6-17(12-26)8-18(7-16)13-26/h4-5,9-10,16-18H,3,6-8,11-14H2,1-2H3,(H,27,31)/b21-10+. The van der Waals surface area contributed by atoms with Crippen LogP contribution in [0.3, 0.4) is 0 Å². The number of hydrazine groups is 1. The zero-order valence-electron chi connectivity index (χ0n) is 20.4. The van der Waals surface area contributed by atoms with Crippen LogP contribution < -0.4 is 14.9 Å². The number of rotatable bonds is 8. The third-order valence-electron chi connectivity index (χ3n) is 7.67. The van der Waals surface area contributed by atoms with Crippen molar-refractivity contribution in [3.63, 3.8) is 0 Å². The van der Waals surface area contributed by atoms with E-state index in [9.17, 15) is 14.4 Å². The maximum atomic E-state index is 13.4. The van der Waals surface area contributed by atoms with E-state index in [2.05, 4.69) is 10.2 Å². The fraction of sp³-hybridized carbons (Fsp3) is 0.538. The van der Waals surface area contributed by atoms with Gasteiger partial charge in [0.2, 0.25) is 5.91 Å². The predicted octanol–water partition coefficient (Wildman–Crippen LogP) is 4.09. The first-order valence-corrected chi connectivity index (χ1v) is 13.6. The fourth-order valence-electron chi connectivity index (χ4n) is 6.52. The molecule has 10 heteroatoms. The molecule has 192 valence electrons. The van der Waals surface area contributed by atoms with Gasteiger partial charge in [0, 0.05) is 0 Å². The summed E-state index contributed by atoms with van der Waals surface area (Å²) in [5, 5.41) is 1.23. The van der Waals surface area contributed by atoms with Gasteiger partial charge in [0.15, 0.2) is 22.4 Å². The maximum absolute atomic E-state index is 13.4. The molecule has 1 saturated heterocycles. The molecule has 5 aliphatic rings. The summed E-state index contributed by atoms with van der Waals surface area (Å²) in [4.78, 5) is 38.5. The molecule has 2 amide bonds. The van der Waals surface area contributed by atoms with Crippen LogP contribution in [0.25, 0.3) is 6.08 Å². The number of carbonyl (C=O) groups is 3. The van der Waals surface area contributed by atoms with Crippen molar-refractivity contribution in [1.29, 1.82) is 0 Å². The molecular formula is C26H30N2O6S2. The lowest BCUT2D eigenvalue weighted by Gasteiger charge is -2.55. The molecule has 0 spiro atoms. The van der Waals surface area contributed by atoms with Crippen LogP contribution in [0.4, 0.5) is 0 Å². The van der Waals surface area contributed by atoms with Gasteiger partial charge in [0.25, 0.3) is 5.91 Å². The van der Waals surface area contributed by atoms with Crippen molar-refractivity contribution in [1.82, 2.24) is 10.4 Å². The van der Waals surface area contributed by atoms with Gasteiger partial charge >= 0.3 is 5.97 Å². The van der Waals surface area contributed by atoms with E-state index in [0.29, 0.717) is 50.6 Å². The van der Waals surface area contributed by atoms with Crippen LogP contribution in [0.15, 0.2) is 23.1 Å². The molecule has 1 aliphatic heterocycles. The van der Waals surface area contributed by atoms with Gasteiger partial charge in [-0.2, -0.15) is 5.01 Å². The van der Waals surface area contributed by atoms with Gasteiger partial charge in [0.1, 0.15) is 0 Å². The number of hydrogen-bond donors (Lipinski definition) is 1. The largest absolute Gasteiger partial charge is 0.490 e. The van der Waals surface area contributed by atoms with E-state index in [0.717, 1.165) is 31.0 Å². The van der Waals surface area contributed by atoms with Crippen LogP contribution in [0.1, 0.15) is 51.0 Å². The lowest BCUT2D eigenvalue weighted by atomic mass is 9.49. The van der Waals surface area contributed by atoms with Crippen molar-refractivity contribution < 1.29 is 28.6 Å². The molecule has 4 bridgehead atoms. The van der Waals surface area contributed by atoms with Gasteiger partial charge in [-0.15, -0.1) is 0 Å².